The fourth-order valence-electron chi connectivity index (χ4n) is 1.23. The zero-order valence-corrected chi connectivity index (χ0v) is 10.5. The lowest BCUT2D eigenvalue weighted by molar-refractivity contribution is -0.124. The number of carbonyl (C=O) groups excluding carboxylic acids is 2. The number of hydrogen-bond donors (Lipinski definition) is 3. The lowest BCUT2D eigenvalue weighted by Crippen LogP contribution is -2.50. The number of nitrogens with two attached hydrogens (primary N) is 2. The van der Waals surface area contributed by atoms with Gasteiger partial charge in [0.05, 0.1) is 11.0 Å². The van der Waals surface area contributed by atoms with E-state index < -0.39 is 18.0 Å². The van der Waals surface area contributed by atoms with Gasteiger partial charge in [-0.3, -0.25) is 15.0 Å². The summed E-state index contributed by atoms with van der Waals surface area (Å²) in [4.78, 5) is 24.1. The maximum atomic E-state index is 11.5. The molecule has 7 heteroatoms. The fourth-order valence-corrected chi connectivity index (χ4v) is 1.47. The summed E-state index contributed by atoms with van der Waals surface area (Å²) in [6.45, 7) is 3.57. The Balaban J connectivity index is 4.36. The molecule has 2 unspecified atom stereocenters. The van der Waals surface area contributed by atoms with Gasteiger partial charge < -0.3 is 11.5 Å². The first-order valence-corrected chi connectivity index (χ1v) is 5.27. The van der Waals surface area contributed by atoms with Gasteiger partial charge in [0, 0.05) is 12.5 Å². The number of imide groups is 1. The monoisotopic (exact) mass is 246 g/mol. The molecule has 0 aromatic carbocycles. The molecule has 0 rings (SSSR count). The van der Waals surface area contributed by atoms with Crippen molar-refractivity contribution < 1.29 is 9.59 Å². The highest BCUT2D eigenvalue weighted by Crippen LogP contribution is 2.06. The standard InChI is InChI=1S/C9H18N4O2S/c1-5(4-7(10)16)13(3)6(2)8(14)12-9(11)15/h5-6H,4H2,1-3H3,(H2,10,16)(H3,11,12,14,15). The smallest absolute Gasteiger partial charge is 0.318 e. The molecule has 0 spiro atoms. The van der Waals surface area contributed by atoms with Crippen molar-refractivity contribution in [3.05, 3.63) is 0 Å². The minimum Gasteiger partial charge on any atom is -0.393 e. The molecule has 6 nitrogen and oxygen atoms in total. The number of likely N-dealkylation sites (N-methyl/N-ethyl adjacent to an activating group) is 1. The Morgan fingerprint density at radius 3 is 2.25 bits per heavy atom. The number of primary amides is 1. The van der Waals surface area contributed by atoms with Gasteiger partial charge in [-0.1, -0.05) is 12.2 Å². The van der Waals surface area contributed by atoms with E-state index in [0.717, 1.165) is 0 Å². The summed E-state index contributed by atoms with van der Waals surface area (Å²) in [6.07, 6.45) is 0.514. The average Bonchev–Trinajstić information content (AvgIpc) is 2.13. The predicted molar refractivity (Wildman–Crippen MR) is 65.8 cm³/mol. The highest BCUT2D eigenvalue weighted by Gasteiger charge is 2.23. The normalized spacial score (nSPS) is 14.2. The van der Waals surface area contributed by atoms with Crippen LogP contribution in [0.3, 0.4) is 0 Å². The molecule has 0 aromatic heterocycles. The van der Waals surface area contributed by atoms with Crippen LogP contribution in [0.4, 0.5) is 4.79 Å². The molecule has 0 radical (unpaired) electrons. The van der Waals surface area contributed by atoms with Gasteiger partial charge in [0.25, 0.3) is 0 Å². The number of thiocarbonyl (C=S) groups is 1. The predicted octanol–water partition coefficient (Wildman–Crippen LogP) is -0.434. The summed E-state index contributed by atoms with van der Waals surface area (Å²) in [5.74, 6) is -0.440. The quantitative estimate of drug-likeness (QED) is 0.571. The number of carbonyl (C=O) groups is 2. The number of nitrogens with one attached hydrogen (secondary N) is 1. The average molecular weight is 246 g/mol. The molecular formula is C9H18N4O2S. The Hall–Kier alpha value is -1.21. The van der Waals surface area contributed by atoms with Gasteiger partial charge in [-0.15, -0.1) is 0 Å². The van der Waals surface area contributed by atoms with E-state index in [1.165, 1.54) is 0 Å². The van der Waals surface area contributed by atoms with Crippen LogP contribution >= 0.6 is 12.2 Å². The van der Waals surface area contributed by atoms with E-state index in [1.807, 2.05) is 12.2 Å². The summed E-state index contributed by atoms with van der Waals surface area (Å²) in [5.41, 5.74) is 10.3. The van der Waals surface area contributed by atoms with Gasteiger partial charge in [0.1, 0.15) is 0 Å². The molecule has 0 aromatic rings. The molecule has 3 amide bonds. The number of hydrogen-bond acceptors (Lipinski definition) is 4. The Labute approximate surface area is 100 Å². The van der Waals surface area contributed by atoms with Crippen LogP contribution in [0.5, 0.6) is 0 Å². The number of urea groups is 1. The first-order valence-electron chi connectivity index (χ1n) is 4.86. The van der Waals surface area contributed by atoms with Crippen LogP contribution in [0, 0.1) is 0 Å². The third-order valence-corrected chi connectivity index (χ3v) is 2.60. The highest BCUT2D eigenvalue weighted by molar-refractivity contribution is 7.80. The second-order valence-electron chi connectivity index (χ2n) is 3.71. The lowest BCUT2D eigenvalue weighted by Gasteiger charge is -2.29. The molecular weight excluding hydrogens is 228 g/mol. The van der Waals surface area contributed by atoms with Crippen LogP contribution in [-0.4, -0.2) is 41.0 Å². The molecule has 0 aliphatic rings. The van der Waals surface area contributed by atoms with E-state index in [4.69, 9.17) is 23.7 Å². The Bertz CT molecular complexity index is 295. The van der Waals surface area contributed by atoms with Gasteiger partial charge in [0.2, 0.25) is 5.91 Å². The van der Waals surface area contributed by atoms with Crippen molar-refractivity contribution in [1.82, 2.24) is 10.2 Å². The van der Waals surface area contributed by atoms with Crippen LogP contribution in [0.1, 0.15) is 20.3 Å². The first kappa shape index (κ1) is 14.8. The molecule has 0 heterocycles. The minimum absolute atomic E-state index is 0.0196. The largest absolute Gasteiger partial charge is 0.393 e. The molecule has 0 saturated carbocycles. The van der Waals surface area contributed by atoms with Crippen LogP contribution in [0.15, 0.2) is 0 Å². The zero-order valence-electron chi connectivity index (χ0n) is 9.69. The molecule has 0 aliphatic heterocycles. The zero-order chi connectivity index (χ0) is 12.9. The third-order valence-electron chi connectivity index (χ3n) is 2.43. The van der Waals surface area contributed by atoms with Crippen molar-refractivity contribution >= 4 is 29.1 Å². The van der Waals surface area contributed by atoms with Crippen molar-refractivity contribution in [2.45, 2.75) is 32.4 Å². The van der Waals surface area contributed by atoms with Gasteiger partial charge in [-0.25, -0.2) is 4.79 Å². The lowest BCUT2D eigenvalue weighted by atomic mass is 10.1. The fraction of sp³-hybridized carbons (Fsp3) is 0.667. The number of nitrogens with zero attached hydrogens (tertiary/aromatic N) is 1. The summed E-state index contributed by atoms with van der Waals surface area (Å²) in [7, 11) is 1.76. The second-order valence-corrected chi connectivity index (χ2v) is 4.24. The first-order chi connectivity index (χ1) is 7.25. The summed E-state index contributed by atoms with van der Waals surface area (Å²) < 4.78 is 0. The van der Waals surface area contributed by atoms with Gasteiger partial charge in [0.15, 0.2) is 0 Å². The summed E-state index contributed by atoms with van der Waals surface area (Å²) in [5, 5.41) is 2.03. The van der Waals surface area contributed by atoms with Crippen molar-refractivity contribution in [1.29, 1.82) is 0 Å². The Morgan fingerprint density at radius 2 is 1.88 bits per heavy atom. The van der Waals surface area contributed by atoms with Gasteiger partial charge >= 0.3 is 6.03 Å². The van der Waals surface area contributed by atoms with E-state index in [9.17, 15) is 9.59 Å². The van der Waals surface area contributed by atoms with Gasteiger partial charge in [-0.2, -0.15) is 0 Å². The molecule has 16 heavy (non-hydrogen) atoms. The molecule has 0 fully saturated rings. The van der Waals surface area contributed by atoms with E-state index in [1.54, 1.807) is 18.9 Å². The molecule has 92 valence electrons. The highest BCUT2D eigenvalue weighted by atomic mass is 32.1. The third kappa shape index (κ3) is 5.04. The van der Waals surface area contributed by atoms with Crippen LogP contribution in [0.2, 0.25) is 0 Å². The molecule has 0 aliphatic carbocycles. The van der Waals surface area contributed by atoms with Crippen molar-refractivity contribution in [3.8, 4) is 0 Å². The maximum absolute atomic E-state index is 11.5. The van der Waals surface area contributed by atoms with E-state index >= 15 is 0 Å². The van der Waals surface area contributed by atoms with Crippen LogP contribution < -0.4 is 16.8 Å². The Morgan fingerprint density at radius 1 is 1.38 bits per heavy atom. The topological polar surface area (TPSA) is 101 Å². The second kappa shape index (κ2) is 6.39. The van der Waals surface area contributed by atoms with Crippen molar-refractivity contribution in [3.63, 3.8) is 0 Å². The van der Waals surface area contributed by atoms with Crippen LogP contribution in [-0.2, 0) is 4.79 Å². The van der Waals surface area contributed by atoms with E-state index in [0.29, 0.717) is 11.4 Å². The summed E-state index contributed by atoms with van der Waals surface area (Å²) >= 11 is 4.79. The van der Waals surface area contributed by atoms with Crippen molar-refractivity contribution in [2.75, 3.05) is 7.05 Å². The van der Waals surface area contributed by atoms with Crippen molar-refractivity contribution in [2.24, 2.45) is 11.5 Å². The molecule has 5 N–H and O–H groups in total. The summed E-state index contributed by atoms with van der Waals surface area (Å²) in [6, 6.07) is -1.31. The molecule has 0 saturated heterocycles. The SMILES string of the molecule is CC(CC(N)=S)N(C)C(C)C(=O)NC(N)=O. The number of rotatable bonds is 5. The van der Waals surface area contributed by atoms with E-state index in [2.05, 4.69) is 0 Å². The number of amides is 3. The van der Waals surface area contributed by atoms with E-state index in [-0.39, 0.29) is 6.04 Å². The van der Waals surface area contributed by atoms with Crippen LogP contribution in [0.25, 0.3) is 0 Å². The molecule has 0 bridgehead atoms. The van der Waals surface area contributed by atoms with Gasteiger partial charge in [-0.05, 0) is 20.9 Å². The molecule has 2 atom stereocenters. The maximum Gasteiger partial charge on any atom is 0.318 e. The Kier molecular flexibility index (Phi) is 5.91. The minimum atomic E-state index is -0.854.